The number of amides is 4. The quantitative estimate of drug-likeness (QED) is 0.0436. The molecule has 4 rings (SSSR count). The highest BCUT2D eigenvalue weighted by Crippen LogP contribution is 2.19. The molecule has 316 valence electrons. The summed E-state index contributed by atoms with van der Waals surface area (Å²) in [4.78, 5) is 55.5. The van der Waals surface area contributed by atoms with Crippen molar-refractivity contribution in [3.05, 3.63) is 89.5 Å². The van der Waals surface area contributed by atoms with Crippen LogP contribution in [0, 0.1) is 0 Å². The monoisotopic (exact) mass is 798 g/mol. The zero-order valence-corrected chi connectivity index (χ0v) is 34.4. The molecule has 0 radical (unpaired) electrons. The Morgan fingerprint density at radius 3 is 1.28 bits per heavy atom. The molecule has 3 aromatic carbocycles. The molecule has 3 atom stereocenters. The first-order chi connectivity index (χ1) is 28.1. The Hall–Kier alpha value is -5.06. The van der Waals surface area contributed by atoms with E-state index in [0.717, 1.165) is 56.9 Å². The molecule has 0 heterocycles. The summed E-state index contributed by atoms with van der Waals surface area (Å²) in [5.41, 5.74) is 2.10. The Bertz CT molecular complexity index is 1670. The molecular weight excluding hydrogens is 733 g/mol. The van der Waals surface area contributed by atoms with Crippen LogP contribution in [0.2, 0.25) is 0 Å². The maximum absolute atomic E-state index is 14.3. The third-order valence-electron chi connectivity index (χ3n) is 11.0. The molecule has 11 heteroatoms. The van der Waals surface area contributed by atoms with Crippen LogP contribution in [0.15, 0.2) is 72.8 Å². The van der Waals surface area contributed by atoms with Crippen molar-refractivity contribution in [3.8, 4) is 17.2 Å². The van der Waals surface area contributed by atoms with Crippen molar-refractivity contribution in [1.82, 2.24) is 21.3 Å². The number of unbranched alkanes of at least 4 members (excludes halogenated alkanes) is 10. The minimum atomic E-state index is -1.15. The van der Waals surface area contributed by atoms with E-state index in [1.54, 1.807) is 36.4 Å². The second-order valence-electron chi connectivity index (χ2n) is 16.0. The first-order valence-corrected chi connectivity index (χ1v) is 21.6. The third kappa shape index (κ3) is 17.2. The lowest BCUT2D eigenvalue weighted by molar-refractivity contribution is -0.133. The Labute approximate surface area is 344 Å². The van der Waals surface area contributed by atoms with E-state index >= 15 is 0 Å². The van der Waals surface area contributed by atoms with Crippen LogP contribution in [0.5, 0.6) is 17.2 Å². The van der Waals surface area contributed by atoms with Crippen LogP contribution in [0.25, 0.3) is 0 Å². The smallest absolute Gasteiger partial charge is 0.243 e. The fraction of sp³-hybridized carbons (Fsp3) is 0.532. The van der Waals surface area contributed by atoms with E-state index in [4.69, 9.17) is 0 Å². The lowest BCUT2D eigenvalue weighted by atomic mass is 9.95. The molecule has 7 N–H and O–H groups in total. The Balaban J connectivity index is 1.46. The maximum Gasteiger partial charge on any atom is 0.243 e. The van der Waals surface area contributed by atoms with Crippen molar-refractivity contribution in [1.29, 1.82) is 0 Å². The molecule has 1 saturated carbocycles. The van der Waals surface area contributed by atoms with Crippen LogP contribution < -0.4 is 21.3 Å². The molecule has 0 bridgehead atoms. The SMILES string of the molecule is CCCCCCCCCCCCCC(=O)N[C@@H](Cc1ccc(O)cc1)C(=O)N[C@@H](Cc1ccc(O)cc1)C(=O)N[C@@H](Cc1ccc(O)cc1)C(=O)NC1CCCCC1. The van der Waals surface area contributed by atoms with Crippen molar-refractivity contribution in [2.75, 3.05) is 0 Å². The zero-order valence-electron chi connectivity index (χ0n) is 34.4. The predicted molar refractivity (Wildman–Crippen MR) is 227 cm³/mol. The van der Waals surface area contributed by atoms with Crippen LogP contribution >= 0.6 is 0 Å². The van der Waals surface area contributed by atoms with E-state index in [1.165, 1.54) is 81.3 Å². The second-order valence-corrected chi connectivity index (χ2v) is 16.0. The minimum Gasteiger partial charge on any atom is -0.508 e. The normalized spacial score (nSPS) is 14.5. The number of carbonyl (C=O) groups is 4. The Kier molecular flexibility index (Phi) is 19.9. The molecule has 1 aliphatic carbocycles. The highest BCUT2D eigenvalue weighted by atomic mass is 16.3. The van der Waals surface area contributed by atoms with Gasteiger partial charge in [-0.15, -0.1) is 0 Å². The first kappa shape index (κ1) is 45.6. The summed E-state index contributed by atoms with van der Waals surface area (Å²) in [7, 11) is 0. The largest absolute Gasteiger partial charge is 0.508 e. The summed E-state index contributed by atoms with van der Waals surface area (Å²) in [6.45, 7) is 2.23. The molecule has 0 aliphatic heterocycles. The minimum absolute atomic E-state index is 0.00217. The van der Waals surface area contributed by atoms with Gasteiger partial charge in [-0.05, 0) is 72.4 Å². The Morgan fingerprint density at radius 1 is 0.500 bits per heavy atom. The van der Waals surface area contributed by atoms with Crippen LogP contribution in [0.3, 0.4) is 0 Å². The lowest BCUT2D eigenvalue weighted by Gasteiger charge is -2.28. The third-order valence-corrected chi connectivity index (χ3v) is 11.0. The predicted octanol–water partition coefficient (Wildman–Crippen LogP) is 7.44. The van der Waals surface area contributed by atoms with Crippen molar-refractivity contribution < 1.29 is 34.5 Å². The molecule has 0 unspecified atom stereocenters. The van der Waals surface area contributed by atoms with Crippen LogP contribution in [-0.4, -0.2) is 63.1 Å². The fourth-order valence-electron chi connectivity index (χ4n) is 7.54. The van der Waals surface area contributed by atoms with Crippen LogP contribution in [0.4, 0.5) is 0 Å². The number of nitrogens with one attached hydrogen (secondary N) is 4. The number of aromatic hydroxyl groups is 3. The topological polar surface area (TPSA) is 177 Å². The molecular formula is C47H66N4O7. The molecule has 3 aromatic rings. The maximum atomic E-state index is 14.3. The van der Waals surface area contributed by atoms with Crippen molar-refractivity contribution >= 4 is 23.6 Å². The fourth-order valence-corrected chi connectivity index (χ4v) is 7.54. The summed E-state index contributed by atoms with van der Waals surface area (Å²) in [6, 6.07) is 16.0. The van der Waals surface area contributed by atoms with Gasteiger partial charge in [-0.3, -0.25) is 19.2 Å². The number of benzene rings is 3. The lowest BCUT2D eigenvalue weighted by Crippen LogP contribution is -2.58. The van der Waals surface area contributed by atoms with Gasteiger partial charge in [0.25, 0.3) is 0 Å². The second kappa shape index (κ2) is 25.3. The van der Waals surface area contributed by atoms with Crippen LogP contribution in [0.1, 0.15) is 133 Å². The first-order valence-electron chi connectivity index (χ1n) is 21.6. The molecule has 58 heavy (non-hydrogen) atoms. The number of hydrogen-bond acceptors (Lipinski definition) is 7. The average Bonchev–Trinajstić information content (AvgIpc) is 3.21. The number of carbonyl (C=O) groups excluding carboxylic acids is 4. The van der Waals surface area contributed by atoms with Crippen molar-refractivity contribution in [2.45, 2.75) is 160 Å². The Morgan fingerprint density at radius 2 is 0.862 bits per heavy atom. The molecule has 1 fully saturated rings. The standard InChI is InChI=1S/C47H66N4O7/c1-2-3-4-5-6-7-8-9-10-11-15-18-44(55)49-41(31-34-19-25-38(52)26-20-34)46(57)51-43(33-36-23-29-40(54)30-24-36)47(58)50-42(32-35-21-27-39(53)28-22-35)45(56)48-37-16-13-12-14-17-37/h19-30,37,41-43,52-54H,2-18,31-33H2,1H3,(H,48,56)(H,49,55)(H,50,58)(H,51,57)/t41-,42-,43-/m0/s1. The average molecular weight is 799 g/mol. The van der Waals surface area contributed by atoms with Gasteiger partial charge in [0, 0.05) is 31.7 Å². The zero-order chi connectivity index (χ0) is 41.5. The van der Waals surface area contributed by atoms with Crippen LogP contribution in [-0.2, 0) is 38.4 Å². The van der Waals surface area contributed by atoms with Gasteiger partial charge in [0.05, 0.1) is 0 Å². The number of phenolic OH excluding ortho intramolecular Hbond substituents is 3. The number of rotatable bonds is 25. The summed E-state index contributed by atoms with van der Waals surface area (Å²) in [5, 5.41) is 41.5. The van der Waals surface area contributed by atoms with E-state index in [-0.39, 0.29) is 60.8 Å². The van der Waals surface area contributed by atoms with E-state index in [9.17, 15) is 34.5 Å². The molecule has 0 saturated heterocycles. The van der Waals surface area contributed by atoms with E-state index in [0.29, 0.717) is 17.5 Å². The molecule has 1 aliphatic rings. The molecule has 4 amide bonds. The number of hydrogen-bond donors (Lipinski definition) is 7. The summed E-state index contributed by atoms with van der Waals surface area (Å²) < 4.78 is 0. The van der Waals surface area contributed by atoms with E-state index in [2.05, 4.69) is 28.2 Å². The van der Waals surface area contributed by atoms with E-state index < -0.39 is 29.9 Å². The number of phenols is 3. The van der Waals surface area contributed by atoms with Gasteiger partial charge in [0.1, 0.15) is 35.4 Å². The molecule has 0 aromatic heterocycles. The van der Waals surface area contributed by atoms with Crippen molar-refractivity contribution in [3.63, 3.8) is 0 Å². The van der Waals surface area contributed by atoms with Gasteiger partial charge in [0.15, 0.2) is 0 Å². The summed E-state index contributed by atoms with van der Waals surface area (Å²) >= 11 is 0. The van der Waals surface area contributed by atoms with Gasteiger partial charge in [-0.25, -0.2) is 0 Å². The van der Waals surface area contributed by atoms with E-state index in [1.807, 2.05) is 0 Å². The van der Waals surface area contributed by atoms with Gasteiger partial charge in [0.2, 0.25) is 23.6 Å². The van der Waals surface area contributed by atoms with Gasteiger partial charge in [-0.1, -0.05) is 127 Å². The van der Waals surface area contributed by atoms with Gasteiger partial charge >= 0.3 is 0 Å². The summed E-state index contributed by atoms with van der Waals surface area (Å²) in [6.07, 6.45) is 18.2. The highest BCUT2D eigenvalue weighted by molar-refractivity contribution is 5.94. The molecule has 0 spiro atoms. The highest BCUT2D eigenvalue weighted by Gasteiger charge is 2.31. The van der Waals surface area contributed by atoms with Crippen molar-refractivity contribution in [2.24, 2.45) is 0 Å². The summed E-state index contributed by atoms with van der Waals surface area (Å²) in [5.74, 6) is -1.53. The molecule has 11 nitrogen and oxygen atoms in total. The van der Waals surface area contributed by atoms with Gasteiger partial charge in [-0.2, -0.15) is 0 Å². The van der Waals surface area contributed by atoms with Gasteiger partial charge < -0.3 is 36.6 Å².